The number of H-pyrrole nitrogens is 1. The van der Waals surface area contributed by atoms with Crippen LogP contribution in [0.4, 0.5) is 13.2 Å². The zero-order valence-corrected chi connectivity index (χ0v) is 24.0. The number of hydrogen-bond donors (Lipinski definition) is 1. The minimum atomic E-state index is -0.951. The van der Waals surface area contributed by atoms with Crippen molar-refractivity contribution in [1.29, 1.82) is 5.26 Å². The summed E-state index contributed by atoms with van der Waals surface area (Å²) in [5.74, 6) is -0.855. The Kier molecular flexibility index (Phi) is 7.15. The highest BCUT2D eigenvalue weighted by atomic mass is 19.1. The Balaban J connectivity index is 1.42. The second kappa shape index (κ2) is 11.2. The number of nitrogens with one attached hydrogen (secondary N) is 1. The van der Waals surface area contributed by atoms with Crippen molar-refractivity contribution in [3.8, 4) is 40.0 Å². The van der Waals surface area contributed by atoms with E-state index in [-0.39, 0.29) is 46.9 Å². The van der Waals surface area contributed by atoms with Crippen molar-refractivity contribution in [2.45, 2.75) is 31.0 Å². The number of fused-ring (bicyclic) bond motifs is 3. The molecule has 2 aromatic heterocycles. The van der Waals surface area contributed by atoms with Crippen molar-refractivity contribution in [3.63, 3.8) is 0 Å². The molecule has 4 heterocycles. The Morgan fingerprint density at radius 2 is 2.02 bits per heavy atom. The van der Waals surface area contributed by atoms with Gasteiger partial charge in [-0.3, -0.25) is 4.90 Å². The van der Waals surface area contributed by atoms with Gasteiger partial charge in [0.1, 0.15) is 41.5 Å². The molecule has 0 aliphatic carbocycles. The first-order valence-electron chi connectivity index (χ1n) is 14.5. The second-order valence-corrected chi connectivity index (χ2v) is 11.4. The van der Waals surface area contributed by atoms with Crippen molar-refractivity contribution in [3.05, 3.63) is 78.1 Å². The van der Waals surface area contributed by atoms with Gasteiger partial charge in [-0.1, -0.05) is 24.3 Å². The molecule has 0 spiro atoms. The highest BCUT2D eigenvalue weighted by Crippen LogP contribution is 2.44. The van der Waals surface area contributed by atoms with E-state index >= 15 is 8.78 Å². The summed E-state index contributed by atoms with van der Waals surface area (Å²) >= 11 is 0. The third-order valence-corrected chi connectivity index (χ3v) is 8.83. The fourth-order valence-electron chi connectivity index (χ4n) is 6.90. The van der Waals surface area contributed by atoms with E-state index < -0.39 is 23.3 Å². The van der Waals surface area contributed by atoms with Gasteiger partial charge in [-0.05, 0) is 54.6 Å². The standard InChI is InChI=1S/C34H29F3N4O3/c1-42-19-44-23-12-20-4-2-5-28(36)30(20)26(13-23)24-6-7-25-29(21-8-10-39-16-21)27(15-38)33(40-32(25)31(24)37)43-18-34-9-3-11-41(34)17-22(35)14-34/h2,4-8,10,12-13,16,22,39H,3,9,11,14,17-19H2,1H3/t22-,34+/m1/s1. The van der Waals surface area contributed by atoms with Crippen molar-refractivity contribution >= 4 is 21.7 Å². The minimum Gasteiger partial charge on any atom is -0.475 e. The number of ether oxygens (including phenoxy) is 3. The number of hydrogen-bond acceptors (Lipinski definition) is 6. The summed E-state index contributed by atoms with van der Waals surface area (Å²) in [6, 6.07) is 15.1. The maximum absolute atomic E-state index is 16.8. The monoisotopic (exact) mass is 598 g/mol. The van der Waals surface area contributed by atoms with Gasteiger partial charge < -0.3 is 19.2 Å². The third kappa shape index (κ3) is 4.64. The van der Waals surface area contributed by atoms with E-state index in [4.69, 9.17) is 14.2 Å². The molecule has 3 aromatic carbocycles. The molecule has 0 saturated carbocycles. The first-order chi connectivity index (χ1) is 21.4. The van der Waals surface area contributed by atoms with E-state index in [1.54, 1.807) is 54.9 Å². The first kappa shape index (κ1) is 28.2. The molecule has 224 valence electrons. The number of methoxy groups -OCH3 is 1. The summed E-state index contributed by atoms with van der Waals surface area (Å²) in [4.78, 5) is 9.68. The largest absolute Gasteiger partial charge is 0.475 e. The summed E-state index contributed by atoms with van der Waals surface area (Å²) in [6.07, 6.45) is 4.51. The zero-order valence-electron chi connectivity index (χ0n) is 24.0. The molecule has 0 radical (unpaired) electrons. The SMILES string of the molecule is COCOc1cc(-c2ccc3c(-c4cc[nH]c4)c(C#N)c(OC[C@@]45CCCN4C[C@H](F)C5)nc3c2F)c2c(F)cccc2c1. The number of benzene rings is 3. The van der Waals surface area contributed by atoms with Crippen molar-refractivity contribution in [2.75, 3.05) is 33.6 Å². The number of halogens is 3. The van der Waals surface area contributed by atoms with Crippen LogP contribution in [0.5, 0.6) is 11.6 Å². The topological polar surface area (TPSA) is 83.4 Å². The van der Waals surface area contributed by atoms with Crippen LogP contribution in [0.2, 0.25) is 0 Å². The molecule has 2 atom stereocenters. The fourth-order valence-corrected chi connectivity index (χ4v) is 6.90. The van der Waals surface area contributed by atoms with Gasteiger partial charge in [0.05, 0.1) is 5.54 Å². The van der Waals surface area contributed by atoms with Crippen LogP contribution in [0.1, 0.15) is 24.8 Å². The lowest BCUT2D eigenvalue weighted by Gasteiger charge is -2.31. The molecule has 2 aliphatic heterocycles. The molecule has 10 heteroatoms. The van der Waals surface area contributed by atoms with Gasteiger partial charge in [0.2, 0.25) is 5.88 Å². The smallest absolute Gasteiger partial charge is 0.233 e. The fraction of sp³-hybridized carbons (Fsp3) is 0.294. The molecule has 0 unspecified atom stereocenters. The Hall–Kier alpha value is -4.59. The lowest BCUT2D eigenvalue weighted by atomic mass is 9.93. The van der Waals surface area contributed by atoms with Crippen LogP contribution in [-0.4, -0.2) is 60.2 Å². The number of pyridine rings is 1. The average molecular weight is 599 g/mol. The molecule has 0 bridgehead atoms. The van der Waals surface area contributed by atoms with Crippen molar-refractivity contribution < 1.29 is 27.4 Å². The number of alkyl halides is 1. The molecule has 2 saturated heterocycles. The summed E-state index contributed by atoms with van der Waals surface area (Å²) < 4.78 is 63.5. The highest BCUT2D eigenvalue weighted by Gasteiger charge is 2.49. The Labute approximate surface area is 251 Å². The van der Waals surface area contributed by atoms with Crippen LogP contribution in [0.25, 0.3) is 43.9 Å². The summed E-state index contributed by atoms with van der Waals surface area (Å²) in [5.41, 5.74) is 1.14. The molecule has 1 N–H and O–H groups in total. The van der Waals surface area contributed by atoms with Crippen LogP contribution < -0.4 is 9.47 Å². The van der Waals surface area contributed by atoms with Crippen LogP contribution in [0.3, 0.4) is 0 Å². The maximum Gasteiger partial charge on any atom is 0.233 e. The van der Waals surface area contributed by atoms with E-state index in [2.05, 4.69) is 20.9 Å². The highest BCUT2D eigenvalue weighted by molar-refractivity contribution is 6.04. The molecular formula is C34H29F3N4O3. The van der Waals surface area contributed by atoms with Crippen LogP contribution in [0, 0.1) is 23.0 Å². The third-order valence-electron chi connectivity index (χ3n) is 8.83. The summed E-state index contributed by atoms with van der Waals surface area (Å²) in [5, 5.41) is 11.5. The number of rotatable bonds is 8. The molecule has 2 fully saturated rings. The molecule has 2 aliphatic rings. The van der Waals surface area contributed by atoms with Crippen molar-refractivity contribution in [1.82, 2.24) is 14.9 Å². The molecule has 5 aromatic rings. The molecule has 0 amide bonds. The van der Waals surface area contributed by atoms with Crippen LogP contribution in [0.15, 0.2) is 60.9 Å². The summed E-state index contributed by atoms with van der Waals surface area (Å²) in [6.45, 7) is 1.22. The Morgan fingerprint density at radius 1 is 1.14 bits per heavy atom. The zero-order chi connectivity index (χ0) is 30.4. The number of aromatic amines is 1. The maximum atomic E-state index is 16.8. The lowest BCUT2D eigenvalue weighted by Crippen LogP contribution is -2.43. The van der Waals surface area contributed by atoms with Crippen LogP contribution in [-0.2, 0) is 4.74 Å². The Morgan fingerprint density at radius 3 is 2.82 bits per heavy atom. The van der Waals surface area contributed by atoms with Gasteiger partial charge in [0.25, 0.3) is 0 Å². The van der Waals surface area contributed by atoms with Gasteiger partial charge in [0, 0.05) is 59.9 Å². The predicted octanol–water partition coefficient (Wildman–Crippen LogP) is 7.14. The van der Waals surface area contributed by atoms with E-state index in [9.17, 15) is 9.65 Å². The lowest BCUT2D eigenvalue weighted by molar-refractivity contribution is 0.0512. The molecule has 44 heavy (non-hydrogen) atoms. The molecular weight excluding hydrogens is 569 g/mol. The summed E-state index contributed by atoms with van der Waals surface area (Å²) in [7, 11) is 1.49. The Bertz CT molecular complexity index is 1920. The van der Waals surface area contributed by atoms with E-state index in [0.29, 0.717) is 40.6 Å². The van der Waals surface area contributed by atoms with E-state index in [0.717, 1.165) is 19.4 Å². The average Bonchev–Trinajstić information content (AvgIpc) is 3.75. The van der Waals surface area contributed by atoms with Gasteiger partial charge in [-0.2, -0.15) is 5.26 Å². The second-order valence-electron chi connectivity index (χ2n) is 11.4. The van der Waals surface area contributed by atoms with E-state index in [1.165, 1.54) is 13.2 Å². The van der Waals surface area contributed by atoms with Gasteiger partial charge in [-0.25, -0.2) is 18.2 Å². The normalized spacial score (nSPS) is 19.8. The predicted molar refractivity (Wildman–Crippen MR) is 160 cm³/mol. The van der Waals surface area contributed by atoms with Gasteiger partial charge >= 0.3 is 0 Å². The van der Waals surface area contributed by atoms with Crippen LogP contribution >= 0.6 is 0 Å². The van der Waals surface area contributed by atoms with Gasteiger partial charge in [0.15, 0.2) is 12.6 Å². The number of nitriles is 1. The molecule has 7 rings (SSSR count). The first-order valence-corrected chi connectivity index (χ1v) is 14.5. The quantitative estimate of drug-likeness (QED) is 0.191. The minimum absolute atomic E-state index is 0.0241. The number of nitrogens with zero attached hydrogens (tertiary/aromatic N) is 3. The van der Waals surface area contributed by atoms with Gasteiger partial charge in [-0.15, -0.1) is 0 Å². The van der Waals surface area contributed by atoms with E-state index in [1.807, 2.05) is 0 Å². The van der Waals surface area contributed by atoms with Crippen molar-refractivity contribution in [2.24, 2.45) is 0 Å². The number of aromatic nitrogens is 2. The molecule has 7 nitrogen and oxygen atoms in total.